The largest absolute Gasteiger partial charge is 0.496 e. The molecule has 164 valence electrons. The molecule has 1 heterocycles. The molecular formula is C22H31IN4O3. The molecule has 1 N–H and O–H groups in total. The lowest BCUT2D eigenvalue weighted by Gasteiger charge is -2.37. The van der Waals surface area contributed by atoms with Crippen molar-refractivity contribution in [3.63, 3.8) is 0 Å². The second-order valence-electron chi connectivity index (χ2n) is 6.72. The van der Waals surface area contributed by atoms with Crippen molar-refractivity contribution in [1.82, 2.24) is 10.2 Å². The number of guanidine groups is 1. The van der Waals surface area contributed by atoms with E-state index in [9.17, 15) is 0 Å². The summed E-state index contributed by atoms with van der Waals surface area (Å²) < 4.78 is 16.4. The van der Waals surface area contributed by atoms with E-state index >= 15 is 0 Å². The molecule has 3 rings (SSSR count). The van der Waals surface area contributed by atoms with Gasteiger partial charge in [-0.15, -0.1) is 24.0 Å². The quantitative estimate of drug-likeness (QED) is 0.355. The van der Waals surface area contributed by atoms with Crippen LogP contribution in [0.5, 0.6) is 17.2 Å². The van der Waals surface area contributed by atoms with Gasteiger partial charge in [0.15, 0.2) is 5.96 Å². The van der Waals surface area contributed by atoms with Crippen LogP contribution < -0.4 is 24.4 Å². The Kier molecular flexibility index (Phi) is 9.35. The Morgan fingerprint density at radius 1 is 0.933 bits per heavy atom. The maximum atomic E-state index is 5.54. The maximum Gasteiger partial charge on any atom is 0.194 e. The van der Waals surface area contributed by atoms with Crippen molar-refractivity contribution in [2.75, 3.05) is 59.5 Å². The number of ether oxygens (including phenoxy) is 3. The van der Waals surface area contributed by atoms with Crippen LogP contribution in [0.15, 0.2) is 47.5 Å². The molecule has 0 unspecified atom stereocenters. The number of anilines is 1. The highest BCUT2D eigenvalue weighted by Crippen LogP contribution is 2.33. The minimum Gasteiger partial charge on any atom is -0.496 e. The number of nitrogens with zero attached hydrogens (tertiary/aromatic N) is 3. The summed E-state index contributed by atoms with van der Waals surface area (Å²) in [7, 11) is 6.74. The molecule has 1 fully saturated rings. The molecule has 0 spiro atoms. The number of aliphatic imine (C=N–C) groups is 1. The Bertz CT molecular complexity index is 799. The molecule has 0 amide bonds. The number of hydrogen-bond acceptors (Lipinski definition) is 5. The highest BCUT2D eigenvalue weighted by molar-refractivity contribution is 14.0. The average Bonchev–Trinajstić information content (AvgIpc) is 2.80. The summed E-state index contributed by atoms with van der Waals surface area (Å²) in [4.78, 5) is 9.16. The first-order valence-corrected chi connectivity index (χ1v) is 9.74. The molecule has 8 heteroatoms. The second-order valence-corrected chi connectivity index (χ2v) is 6.72. The molecule has 1 aliphatic heterocycles. The van der Waals surface area contributed by atoms with Crippen molar-refractivity contribution in [3.05, 3.63) is 48.0 Å². The van der Waals surface area contributed by atoms with Gasteiger partial charge in [-0.1, -0.05) is 18.2 Å². The third kappa shape index (κ3) is 5.62. The van der Waals surface area contributed by atoms with Crippen LogP contribution in [0, 0.1) is 0 Å². The van der Waals surface area contributed by atoms with Gasteiger partial charge in [-0.25, -0.2) is 0 Å². The molecule has 2 aromatic carbocycles. The molecule has 0 atom stereocenters. The van der Waals surface area contributed by atoms with E-state index in [1.165, 1.54) is 5.69 Å². The Morgan fingerprint density at radius 2 is 1.53 bits per heavy atom. The van der Waals surface area contributed by atoms with Crippen molar-refractivity contribution in [2.24, 2.45) is 4.99 Å². The Morgan fingerprint density at radius 3 is 2.03 bits per heavy atom. The smallest absolute Gasteiger partial charge is 0.194 e. The molecule has 0 radical (unpaired) electrons. The number of rotatable bonds is 6. The van der Waals surface area contributed by atoms with Crippen LogP contribution in [-0.2, 0) is 6.54 Å². The van der Waals surface area contributed by atoms with Crippen LogP contribution in [0.2, 0.25) is 0 Å². The van der Waals surface area contributed by atoms with Gasteiger partial charge in [-0.2, -0.15) is 0 Å². The number of piperazine rings is 1. The normalized spacial score (nSPS) is 14.1. The standard InChI is InChI=1S/C22H30N4O3.HI/c1-23-22(26-12-10-25(11-13-26)17-8-6-5-7-9-17)24-16-19-20(28-3)14-18(27-2)15-21(19)29-4;/h5-9,14-15H,10-13,16H2,1-4H3,(H,23,24);1H. The van der Waals surface area contributed by atoms with Gasteiger partial charge < -0.3 is 29.3 Å². The van der Waals surface area contributed by atoms with Crippen LogP contribution >= 0.6 is 24.0 Å². The van der Waals surface area contributed by atoms with Gasteiger partial charge in [0.2, 0.25) is 0 Å². The second kappa shape index (κ2) is 11.7. The summed E-state index contributed by atoms with van der Waals surface area (Å²) in [6, 6.07) is 14.3. The SMILES string of the molecule is CN=C(NCc1c(OC)cc(OC)cc1OC)N1CCN(c2ccccc2)CC1.I. The predicted octanol–water partition coefficient (Wildman–Crippen LogP) is 3.23. The van der Waals surface area contributed by atoms with Crippen LogP contribution in [0.25, 0.3) is 0 Å². The zero-order valence-corrected chi connectivity index (χ0v) is 20.4. The topological polar surface area (TPSA) is 58.6 Å². The Balaban J connectivity index is 0.00000320. The van der Waals surface area contributed by atoms with E-state index in [0.717, 1.165) is 49.2 Å². The van der Waals surface area contributed by atoms with Crippen LogP contribution in [0.4, 0.5) is 5.69 Å². The van der Waals surface area contributed by atoms with Crippen molar-refractivity contribution in [2.45, 2.75) is 6.54 Å². The third-order valence-corrected chi connectivity index (χ3v) is 5.15. The van der Waals surface area contributed by atoms with Crippen molar-refractivity contribution in [1.29, 1.82) is 0 Å². The highest BCUT2D eigenvalue weighted by Gasteiger charge is 2.21. The molecule has 1 aliphatic rings. The number of hydrogen-bond donors (Lipinski definition) is 1. The lowest BCUT2D eigenvalue weighted by molar-refractivity contribution is 0.361. The molecule has 0 bridgehead atoms. The molecular weight excluding hydrogens is 495 g/mol. The highest BCUT2D eigenvalue weighted by atomic mass is 127. The fourth-order valence-corrected chi connectivity index (χ4v) is 3.57. The summed E-state index contributed by atoms with van der Waals surface area (Å²) in [5.41, 5.74) is 2.20. The van der Waals surface area contributed by atoms with Crippen LogP contribution in [0.3, 0.4) is 0 Å². The summed E-state index contributed by atoms with van der Waals surface area (Å²) in [5.74, 6) is 3.01. The van der Waals surface area contributed by atoms with E-state index in [1.807, 2.05) is 25.2 Å². The first-order chi connectivity index (χ1) is 14.2. The lowest BCUT2D eigenvalue weighted by atomic mass is 10.1. The lowest BCUT2D eigenvalue weighted by Crippen LogP contribution is -2.52. The number of benzene rings is 2. The number of para-hydroxylation sites is 1. The van der Waals surface area contributed by atoms with Gasteiger partial charge >= 0.3 is 0 Å². The summed E-state index contributed by atoms with van der Waals surface area (Å²) in [5, 5.41) is 3.45. The van der Waals surface area contributed by atoms with Gasteiger partial charge in [0.05, 0.1) is 33.4 Å². The first-order valence-electron chi connectivity index (χ1n) is 9.74. The van der Waals surface area contributed by atoms with Crippen molar-refractivity contribution >= 4 is 35.6 Å². The van der Waals surface area contributed by atoms with E-state index in [1.54, 1.807) is 21.3 Å². The van der Waals surface area contributed by atoms with Gasteiger partial charge in [-0.3, -0.25) is 4.99 Å². The van der Waals surface area contributed by atoms with E-state index in [-0.39, 0.29) is 24.0 Å². The zero-order valence-electron chi connectivity index (χ0n) is 18.1. The fourth-order valence-electron chi connectivity index (χ4n) is 3.57. The molecule has 0 aliphatic carbocycles. The van der Waals surface area contributed by atoms with Gasteiger partial charge in [-0.05, 0) is 12.1 Å². The number of halogens is 1. The molecule has 2 aromatic rings. The van der Waals surface area contributed by atoms with Crippen LogP contribution in [0.1, 0.15) is 5.56 Å². The van der Waals surface area contributed by atoms with E-state index in [0.29, 0.717) is 12.3 Å². The van der Waals surface area contributed by atoms with Gasteiger partial charge in [0.25, 0.3) is 0 Å². The minimum atomic E-state index is 0. The monoisotopic (exact) mass is 526 g/mol. The van der Waals surface area contributed by atoms with Crippen LogP contribution in [-0.4, -0.2) is 65.4 Å². The Hall–Kier alpha value is -2.36. The molecule has 0 saturated carbocycles. The Labute approximate surface area is 196 Å². The average molecular weight is 526 g/mol. The van der Waals surface area contributed by atoms with E-state index in [4.69, 9.17) is 14.2 Å². The molecule has 7 nitrogen and oxygen atoms in total. The van der Waals surface area contributed by atoms with Gasteiger partial charge in [0, 0.05) is 51.0 Å². The fraction of sp³-hybridized carbons (Fsp3) is 0.409. The summed E-state index contributed by atoms with van der Waals surface area (Å²) in [6.45, 7) is 4.28. The first kappa shape index (κ1) is 23.9. The summed E-state index contributed by atoms with van der Waals surface area (Å²) in [6.07, 6.45) is 0. The molecule has 0 aromatic heterocycles. The van der Waals surface area contributed by atoms with Crippen molar-refractivity contribution in [3.8, 4) is 17.2 Å². The van der Waals surface area contributed by atoms with Crippen molar-refractivity contribution < 1.29 is 14.2 Å². The number of nitrogens with one attached hydrogen (secondary N) is 1. The third-order valence-electron chi connectivity index (χ3n) is 5.15. The summed E-state index contributed by atoms with van der Waals surface area (Å²) >= 11 is 0. The predicted molar refractivity (Wildman–Crippen MR) is 132 cm³/mol. The maximum absolute atomic E-state index is 5.54. The number of methoxy groups -OCH3 is 3. The molecule has 30 heavy (non-hydrogen) atoms. The van der Waals surface area contributed by atoms with E-state index in [2.05, 4.69) is 44.4 Å². The molecule has 1 saturated heterocycles. The van der Waals surface area contributed by atoms with E-state index < -0.39 is 0 Å². The minimum absolute atomic E-state index is 0. The van der Waals surface area contributed by atoms with Gasteiger partial charge in [0.1, 0.15) is 17.2 Å². The zero-order chi connectivity index (χ0) is 20.6.